The molecule has 0 fully saturated rings. The third kappa shape index (κ3) is 4.32. The van der Waals surface area contributed by atoms with Gasteiger partial charge in [0.1, 0.15) is 5.02 Å². The summed E-state index contributed by atoms with van der Waals surface area (Å²) in [6.07, 6.45) is 2.84. The first-order valence-electron chi connectivity index (χ1n) is 8.38. The Balaban J connectivity index is 1.94. The van der Waals surface area contributed by atoms with Crippen LogP contribution in [0.15, 0.2) is 53.8 Å². The van der Waals surface area contributed by atoms with Crippen molar-refractivity contribution in [2.24, 2.45) is 0 Å². The molecule has 0 aliphatic carbocycles. The van der Waals surface area contributed by atoms with Crippen LogP contribution in [-0.4, -0.2) is 28.6 Å². The zero-order valence-corrected chi connectivity index (χ0v) is 16.8. The van der Waals surface area contributed by atoms with Gasteiger partial charge in [0.25, 0.3) is 0 Å². The van der Waals surface area contributed by atoms with Gasteiger partial charge in [-0.2, -0.15) is 4.98 Å². The van der Waals surface area contributed by atoms with Gasteiger partial charge in [0.05, 0.1) is 17.1 Å². The molecule has 0 atom stereocenters. The number of pyridine rings is 1. The predicted molar refractivity (Wildman–Crippen MR) is 111 cm³/mol. The smallest absolute Gasteiger partial charge is 0.229 e. The number of aromatic nitrogens is 3. The maximum Gasteiger partial charge on any atom is 0.229 e. The lowest BCUT2D eigenvalue weighted by Gasteiger charge is -2.14. The molecule has 8 nitrogen and oxygen atoms in total. The summed E-state index contributed by atoms with van der Waals surface area (Å²) in [6, 6.07) is 10.3. The summed E-state index contributed by atoms with van der Waals surface area (Å²) in [5.74, 6) is 0.519. The third-order valence-electron chi connectivity index (χ3n) is 3.80. The lowest BCUT2D eigenvalue weighted by Crippen LogP contribution is -2.17. The van der Waals surface area contributed by atoms with Gasteiger partial charge < -0.3 is 16.4 Å². The molecule has 0 aliphatic rings. The number of benzene rings is 1. The molecule has 0 bridgehead atoms. The number of nitrogens with two attached hydrogens (primary N) is 1. The van der Waals surface area contributed by atoms with E-state index in [-0.39, 0.29) is 27.5 Å². The molecule has 0 aliphatic heterocycles. The molecule has 0 radical (unpaired) electrons. The zero-order valence-electron chi connectivity index (χ0n) is 15.2. The van der Waals surface area contributed by atoms with Crippen molar-refractivity contribution in [1.82, 2.24) is 15.0 Å². The number of anilines is 5. The maximum absolute atomic E-state index is 12.6. The minimum absolute atomic E-state index is 0.0648. The lowest BCUT2D eigenvalue weighted by atomic mass is 10.3. The molecule has 2 aromatic heterocycles. The van der Waals surface area contributed by atoms with Crippen molar-refractivity contribution in [2.75, 3.05) is 16.4 Å². The molecule has 4 N–H and O–H groups in total. The SMILES string of the molecule is CC(C)S(=O)(=O)c1ncccc1Nc1nc(Nc2cccc(N)c2)ncc1Cl. The van der Waals surface area contributed by atoms with E-state index < -0.39 is 15.1 Å². The molecule has 0 unspecified atom stereocenters. The number of sulfone groups is 1. The molecule has 28 heavy (non-hydrogen) atoms. The van der Waals surface area contributed by atoms with E-state index in [9.17, 15) is 8.42 Å². The van der Waals surface area contributed by atoms with Crippen molar-refractivity contribution < 1.29 is 8.42 Å². The van der Waals surface area contributed by atoms with Crippen molar-refractivity contribution in [3.63, 3.8) is 0 Å². The van der Waals surface area contributed by atoms with E-state index in [1.807, 2.05) is 6.07 Å². The van der Waals surface area contributed by atoms with Crippen LogP contribution in [0.2, 0.25) is 5.02 Å². The second kappa shape index (κ2) is 7.99. The summed E-state index contributed by atoms with van der Waals surface area (Å²) in [5, 5.41) is 5.52. The summed E-state index contributed by atoms with van der Waals surface area (Å²) in [6.45, 7) is 3.19. The van der Waals surface area contributed by atoms with Crippen molar-refractivity contribution in [3.8, 4) is 0 Å². The van der Waals surface area contributed by atoms with Gasteiger partial charge in [-0.1, -0.05) is 17.7 Å². The second-order valence-electron chi connectivity index (χ2n) is 6.22. The van der Waals surface area contributed by atoms with Crippen LogP contribution in [0, 0.1) is 0 Å². The number of hydrogen-bond donors (Lipinski definition) is 3. The zero-order chi connectivity index (χ0) is 20.3. The normalized spacial score (nSPS) is 11.4. The van der Waals surface area contributed by atoms with E-state index in [0.717, 1.165) is 0 Å². The highest BCUT2D eigenvalue weighted by molar-refractivity contribution is 7.92. The van der Waals surface area contributed by atoms with Crippen LogP contribution in [0.4, 0.5) is 28.8 Å². The summed E-state index contributed by atoms with van der Waals surface area (Å²) in [7, 11) is -3.59. The molecule has 0 amide bonds. The number of hydrogen-bond acceptors (Lipinski definition) is 8. The highest BCUT2D eigenvalue weighted by atomic mass is 35.5. The van der Waals surface area contributed by atoms with Gasteiger partial charge in [0.15, 0.2) is 20.7 Å². The topological polar surface area (TPSA) is 123 Å². The maximum atomic E-state index is 12.6. The number of nitrogens with zero attached hydrogens (tertiary/aromatic N) is 3. The molecule has 0 saturated carbocycles. The van der Waals surface area contributed by atoms with E-state index in [4.69, 9.17) is 17.3 Å². The quantitative estimate of drug-likeness (QED) is 0.517. The average Bonchev–Trinajstić information content (AvgIpc) is 2.65. The fourth-order valence-electron chi connectivity index (χ4n) is 2.32. The van der Waals surface area contributed by atoms with Gasteiger partial charge in [0.2, 0.25) is 5.95 Å². The predicted octanol–water partition coefficient (Wildman–Crippen LogP) is 3.78. The van der Waals surface area contributed by atoms with E-state index >= 15 is 0 Å². The van der Waals surface area contributed by atoms with Crippen molar-refractivity contribution in [2.45, 2.75) is 24.1 Å². The van der Waals surface area contributed by atoms with Crippen LogP contribution in [0.5, 0.6) is 0 Å². The number of rotatable bonds is 6. The number of nitrogen functional groups attached to an aromatic ring is 1. The first kappa shape index (κ1) is 19.8. The molecular formula is C18H19ClN6O2S. The largest absolute Gasteiger partial charge is 0.399 e. The van der Waals surface area contributed by atoms with Crippen molar-refractivity contribution in [1.29, 1.82) is 0 Å². The summed E-state index contributed by atoms with van der Waals surface area (Å²) in [5.41, 5.74) is 7.36. The van der Waals surface area contributed by atoms with E-state index in [2.05, 4.69) is 25.6 Å². The molecule has 146 valence electrons. The van der Waals surface area contributed by atoms with Crippen LogP contribution < -0.4 is 16.4 Å². The minimum Gasteiger partial charge on any atom is -0.399 e. The van der Waals surface area contributed by atoms with Gasteiger partial charge in [-0.25, -0.2) is 18.4 Å². The van der Waals surface area contributed by atoms with Crippen LogP contribution in [0.25, 0.3) is 0 Å². The highest BCUT2D eigenvalue weighted by Gasteiger charge is 2.24. The molecule has 3 rings (SSSR count). The lowest BCUT2D eigenvalue weighted by molar-refractivity contribution is 0.584. The summed E-state index contributed by atoms with van der Waals surface area (Å²) >= 11 is 6.20. The van der Waals surface area contributed by atoms with E-state index in [1.54, 1.807) is 44.2 Å². The van der Waals surface area contributed by atoms with Gasteiger partial charge >= 0.3 is 0 Å². The Bertz CT molecular complexity index is 1100. The van der Waals surface area contributed by atoms with Crippen molar-refractivity contribution >= 4 is 50.3 Å². The number of nitrogens with one attached hydrogen (secondary N) is 2. The van der Waals surface area contributed by atoms with Crippen LogP contribution in [0.3, 0.4) is 0 Å². The molecule has 0 saturated heterocycles. The van der Waals surface area contributed by atoms with E-state index in [0.29, 0.717) is 11.4 Å². The monoisotopic (exact) mass is 418 g/mol. The third-order valence-corrected chi connectivity index (χ3v) is 6.18. The standard InChI is InChI=1S/C18H19ClN6O2S/c1-11(2)28(26,27)17-15(7-4-8-21-17)24-16-14(19)10-22-18(25-16)23-13-6-3-5-12(20)9-13/h3-11H,20H2,1-2H3,(H2,22,23,24,25). The fourth-order valence-corrected chi connectivity index (χ4v) is 3.54. The Morgan fingerprint density at radius 3 is 2.61 bits per heavy atom. The summed E-state index contributed by atoms with van der Waals surface area (Å²) < 4.78 is 25.2. The first-order chi connectivity index (χ1) is 13.3. The van der Waals surface area contributed by atoms with Gasteiger partial charge in [-0.3, -0.25) is 0 Å². The Morgan fingerprint density at radius 2 is 1.89 bits per heavy atom. The number of halogens is 1. The molecule has 3 aromatic rings. The second-order valence-corrected chi connectivity index (χ2v) is 9.04. The Hall–Kier alpha value is -2.91. The minimum atomic E-state index is -3.59. The highest BCUT2D eigenvalue weighted by Crippen LogP contribution is 2.29. The molecule has 1 aromatic carbocycles. The van der Waals surface area contributed by atoms with Crippen LogP contribution in [0.1, 0.15) is 13.8 Å². The first-order valence-corrected chi connectivity index (χ1v) is 10.3. The van der Waals surface area contributed by atoms with E-state index in [1.165, 1.54) is 12.4 Å². The van der Waals surface area contributed by atoms with Gasteiger partial charge in [-0.15, -0.1) is 0 Å². The Kier molecular flexibility index (Phi) is 5.66. The molecular weight excluding hydrogens is 400 g/mol. The molecule has 2 heterocycles. The Labute approximate surface area is 168 Å². The molecule has 10 heteroatoms. The summed E-state index contributed by atoms with van der Waals surface area (Å²) in [4.78, 5) is 12.5. The molecule has 0 spiro atoms. The van der Waals surface area contributed by atoms with Crippen LogP contribution >= 0.6 is 11.6 Å². The van der Waals surface area contributed by atoms with Gasteiger partial charge in [-0.05, 0) is 44.2 Å². The Morgan fingerprint density at radius 1 is 1.11 bits per heavy atom. The average molecular weight is 419 g/mol. The van der Waals surface area contributed by atoms with Gasteiger partial charge in [0, 0.05) is 17.6 Å². The van der Waals surface area contributed by atoms with Crippen molar-refractivity contribution in [3.05, 3.63) is 53.8 Å². The van der Waals surface area contributed by atoms with Crippen LogP contribution in [-0.2, 0) is 9.84 Å². The fraction of sp³-hybridized carbons (Fsp3) is 0.167.